The van der Waals surface area contributed by atoms with Crippen LogP contribution in [0.3, 0.4) is 0 Å². The molecule has 1 aromatic rings. The van der Waals surface area contributed by atoms with Crippen molar-refractivity contribution in [3.8, 4) is 0 Å². The van der Waals surface area contributed by atoms with Crippen molar-refractivity contribution < 1.29 is 4.39 Å². The molecule has 0 amide bonds. The first-order valence-electron chi connectivity index (χ1n) is 7.07. The van der Waals surface area contributed by atoms with E-state index < -0.39 is 0 Å². The van der Waals surface area contributed by atoms with Gasteiger partial charge in [0.05, 0.1) is 5.02 Å². The number of nitrogens with zero attached hydrogens (tertiary/aromatic N) is 1. The molecule has 1 aliphatic heterocycles. The molecular weight excluding hydrogens is 263 g/mol. The smallest absolute Gasteiger partial charge is 0.141 e. The van der Waals surface area contributed by atoms with E-state index in [9.17, 15) is 4.39 Å². The first-order chi connectivity index (χ1) is 9.16. The van der Waals surface area contributed by atoms with Gasteiger partial charge in [0.25, 0.3) is 0 Å². The summed E-state index contributed by atoms with van der Waals surface area (Å²) in [5.41, 5.74) is 1.03. The molecule has 1 atom stereocenters. The molecule has 0 spiro atoms. The normalized spacial score (nSPS) is 17.8. The van der Waals surface area contributed by atoms with Gasteiger partial charge in [0, 0.05) is 6.04 Å². The van der Waals surface area contributed by atoms with Crippen molar-refractivity contribution in [1.29, 1.82) is 0 Å². The zero-order valence-corrected chi connectivity index (χ0v) is 12.2. The number of rotatable bonds is 6. The van der Waals surface area contributed by atoms with Crippen LogP contribution in [0.1, 0.15) is 37.8 Å². The van der Waals surface area contributed by atoms with E-state index in [1.165, 1.54) is 38.5 Å². The molecule has 19 heavy (non-hydrogen) atoms. The summed E-state index contributed by atoms with van der Waals surface area (Å²) in [4.78, 5) is 2.51. The van der Waals surface area contributed by atoms with E-state index in [0.717, 1.165) is 18.5 Å². The summed E-state index contributed by atoms with van der Waals surface area (Å²) in [6, 6.07) is 5.13. The molecule has 2 rings (SSSR count). The third kappa shape index (κ3) is 4.44. The lowest BCUT2D eigenvalue weighted by Crippen LogP contribution is -2.26. The molecule has 2 nitrogen and oxygen atoms in total. The molecule has 1 unspecified atom stereocenters. The van der Waals surface area contributed by atoms with Crippen molar-refractivity contribution in [1.82, 2.24) is 10.2 Å². The van der Waals surface area contributed by atoms with Gasteiger partial charge in [0.1, 0.15) is 5.82 Å². The monoisotopic (exact) mass is 284 g/mol. The van der Waals surface area contributed by atoms with Gasteiger partial charge in [-0.05, 0) is 70.1 Å². The number of benzene rings is 1. The van der Waals surface area contributed by atoms with E-state index >= 15 is 0 Å². The Morgan fingerprint density at radius 2 is 2.11 bits per heavy atom. The predicted molar refractivity (Wildman–Crippen MR) is 78.1 cm³/mol. The zero-order chi connectivity index (χ0) is 13.7. The quantitative estimate of drug-likeness (QED) is 0.803. The number of nitrogens with one attached hydrogen (secondary N) is 1. The molecule has 1 heterocycles. The molecule has 1 N–H and O–H groups in total. The van der Waals surface area contributed by atoms with Crippen molar-refractivity contribution in [3.63, 3.8) is 0 Å². The van der Waals surface area contributed by atoms with Crippen molar-refractivity contribution in [2.24, 2.45) is 0 Å². The third-order valence-corrected chi connectivity index (χ3v) is 4.03. The van der Waals surface area contributed by atoms with Crippen LogP contribution < -0.4 is 5.32 Å². The van der Waals surface area contributed by atoms with Crippen molar-refractivity contribution in [3.05, 3.63) is 34.6 Å². The van der Waals surface area contributed by atoms with Crippen LogP contribution in [-0.2, 0) is 0 Å². The van der Waals surface area contributed by atoms with E-state index in [1.807, 2.05) is 0 Å². The Kier molecular flexibility index (Phi) is 5.61. The fraction of sp³-hybridized carbons (Fsp3) is 0.600. The average Bonchev–Trinajstić information content (AvgIpc) is 2.91. The summed E-state index contributed by atoms with van der Waals surface area (Å²) in [7, 11) is 0. The topological polar surface area (TPSA) is 15.3 Å². The highest BCUT2D eigenvalue weighted by atomic mass is 35.5. The largest absolute Gasteiger partial charge is 0.310 e. The number of hydrogen-bond donors (Lipinski definition) is 1. The van der Waals surface area contributed by atoms with Gasteiger partial charge in [-0.25, -0.2) is 4.39 Å². The van der Waals surface area contributed by atoms with Gasteiger partial charge in [-0.3, -0.25) is 0 Å². The first-order valence-corrected chi connectivity index (χ1v) is 7.45. The molecule has 0 bridgehead atoms. The Morgan fingerprint density at radius 3 is 2.79 bits per heavy atom. The maximum absolute atomic E-state index is 13.1. The summed E-state index contributed by atoms with van der Waals surface area (Å²) in [5, 5.41) is 3.66. The van der Waals surface area contributed by atoms with Gasteiger partial charge in [-0.1, -0.05) is 17.7 Å². The van der Waals surface area contributed by atoms with Crippen LogP contribution in [0.5, 0.6) is 0 Å². The third-order valence-electron chi connectivity index (χ3n) is 3.74. The molecule has 1 aliphatic rings. The van der Waals surface area contributed by atoms with E-state index in [4.69, 9.17) is 11.6 Å². The Hall–Kier alpha value is -0.640. The van der Waals surface area contributed by atoms with Gasteiger partial charge in [0.15, 0.2) is 0 Å². The molecular formula is C15H22ClFN2. The highest BCUT2D eigenvalue weighted by Gasteiger charge is 2.11. The summed E-state index contributed by atoms with van der Waals surface area (Å²) in [6.45, 7) is 6.74. The fourth-order valence-electron chi connectivity index (χ4n) is 2.53. The lowest BCUT2D eigenvalue weighted by atomic mass is 10.1. The predicted octanol–water partition coefficient (Wildman–Crippen LogP) is 3.62. The van der Waals surface area contributed by atoms with Crippen LogP contribution in [0.25, 0.3) is 0 Å². The number of hydrogen-bond acceptors (Lipinski definition) is 2. The second-order valence-electron chi connectivity index (χ2n) is 5.25. The second kappa shape index (κ2) is 7.22. The fourth-order valence-corrected chi connectivity index (χ4v) is 2.72. The van der Waals surface area contributed by atoms with Crippen molar-refractivity contribution in [2.45, 2.75) is 32.2 Å². The molecule has 1 fully saturated rings. The van der Waals surface area contributed by atoms with Gasteiger partial charge >= 0.3 is 0 Å². The second-order valence-corrected chi connectivity index (χ2v) is 5.66. The van der Waals surface area contributed by atoms with Crippen molar-refractivity contribution in [2.75, 3.05) is 26.2 Å². The molecule has 1 aromatic carbocycles. The standard InChI is InChI=1S/C15H22ClFN2/c1-12(13-5-6-15(17)14(16)11-13)18-7-4-10-19-8-2-3-9-19/h5-6,11-12,18H,2-4,7-10H2,1H3. The highest BCUT2D eigenvalue weighted by Crippen LogP contribution is 2.20. The van der Waals surface area contributed by atoms with E-state index in [1.54, 1.807) is 12.1 Å². The Balaban J connectivity index is 1.71. The highest BCUT2D eigenvalue weighted by molar-refractivity contribution is 6.30. The lowest BCUT2D eigenvalue weighted by molar-refractivity contribution is 0.328. The molecule has 4 heteroatoms. The average molecular weight is 285 g/mol. The lowest BCUT2D eigenvalue weighted by Gasteiger charge is -2.17. The Bertz CT molecular complexity index is 405. The molecule has 1 saturated heterocycles. The van der Waals surface area contributed by atoms with Crippen molar-refractivity contribution >= 4 is 11.6 Å². The van der Waals surface area contributed by atoms with Gasteiger partial charge < -0.3 is 10.2 Å². The first kappa shape index (κ1) is 14.8. The number of halogens is 2. The molecule has 0 radical (unpaired) electrons. The molecule has 0 saturated carbocycles. The maximum Gasteiger partial charge on any atom is 0.141 e. The van der Waals surface area contributed by atoms with Crippen LogP contribution in [0, 0.1) is 5.82 Å². The van der Waals surface area contributed by atoms with E-state index in [0.29, 0.717) is 0 Å². The van der Waals surface area contributed by atoms with E-state index in [-0.39, 0.29) is 16.9 Å². The van der Waals surface area contributed by atoms with Crippen LogP contribution >= 0.6 is 11.6 Å². The summed E-state index contributed by atoms with van der Waals surface area (Å²) in [6.07, 6.45) is 3.84. The minimum absolute atomic E-state index is 0.197. The Labute approximate surface area is 119 Å². The van der Waals surface area contributed by atoms with Gasteiger partial charge in [-0.15, -0.1) is 0 Å². The summed E-state index contributed by atoms with van der Waals surface area (Å²) >= 11 is 5.80. The zero-order valence-electron chi connectivity index (χ0n) is 11.5. The molecule has 0 aromatic heterocycles. The van der Waals surface area contributed by atoms with Crippen LogP contribution in [0.2, 0.25) is 5.02 Å². The SMILES string of the molecule is CC(NCCCN1CCCC1)c1ccc(F)c(Cl)c1. The summed E-state index contributed by atoms with van der Waals surface area (Å²) in [5.74, 6) is -0.355. The number of likely N-dealkylation sites (tertiary alicyclic amines) is 1. The van der Waals surface area contributed by atoms with Crippen LogP contribution in [0.4, 0.5) is 4.39 Å². The van der Waals surface area contributed by atoms with Gasteiger partial charge in [0.2, 0.25) is 0 Å². The van der Waals surface area contributed by atoms with Crippen LogP contribution in [0.15, 0.2) is 18.2 Å². The Morgan fingerprint density at radius 1 is 1.37 bits per heavy atom. The summed E-state index contributed by atoms with van der Waals surface area (Å²) < 4.78 is 13.1. The molecule has 0 aliphatic carbocycles. The maximum atomic E-state index is 13.1. The molecule has 106 valence electrons. The van der Waals surface area contributed by atoms with Crippen LogP contribution in [-0.4, -0.2) is 31.1 Å². The van der Waals surface area contributed by atoms with Gasteiger partial charge in [-0.2, -0.15) is 0 Å². The minimum atomic E-state index is -0.355. The minimum Gasteiger partial charge on any atom is -0.310 e. The van der Waals surface area contributed by atoms with E-state index in [2.05, 4.69) is 17.1 Å².